The van der Waals surface area contributed by atoms with E-state index >= 15 is 0 Å². The summed E-state index contributed by atoms with van der Waals surface area (Å²) >= 11 is 11.8. The van der Waals surface area contributed by atoms with Crippen LogP contribution in [0.2, 0.25) is 10.0 Å². The van der Waals surface area contributed by atoms with Crippen molar-refractivity contribution in [3.8, 4) is 11.5 Å². The average Bonchev–Trinajstić information content (AvgIpc) is 2.64. The van der Waals surface area contributed by atoms with E-state index in [9.17, 15) is 21.4 Å². The summed E-state index contributed by atoms with van der Waals surface area (Å²) in [5.41, 5.74) is 0.754. The zero-order chi connectivity index (χ0) is 22.1. The van der Waals surface area contributed by atoms with E-state index in [1.54, 1.807) is 12.1 Å². The number of rotatable bonds is 6. The third-order valence-electron chi connectivity index (χ3n) is 3.93. The van der Waals surface area contributed by atoms with E-state index in [4.69, 9.17) is 27.9 Å². The van der Waals surface area contributed by atoms with Gasteiger partial charge in [-0.2, -0.15) is 8.42 Å². The second kappa shape index (κ2) is 8.44. The minimum Gasteiger partial charge on any atom is -0.455 e. The van der Waals surface area contributed by atoms with Crippen molar-refractivity contribution in [3.63, 3.8) is 0 Å². The topological polar surface area (TPSA) is 110 Å². The SMILES string of the molecule is Cc1ccc(S(=O)(=O)Nc2cc(Cl)c(S(=O)(=O)O)cc2Oc2ccc(Cl)cc2)cc1. The van der Waals surface area contributed by atoms with Gasteiger partial charge in [0.2, 0.25) is 0 Å². The molecule has 0 saturated carbocycles. The summed E-state index contributed by atoms with van der Waals surface area (Å²) in [5.74, 6) is 0.0591. The molecule has 3 aromatic rings. The molecule has 7 nitrogen and oxygen atoms in total. The van der Waals surface area contributed by atoms with E-state index in [1.807, 2.05) is 6.92 Å². The molecule has 0 amide bonds. The Balaban J connectivity index is 2.08. The van der Waals surface area contributed by atoms with Crippen molar-refractivity contribution in [2.45, 2.75) is 16.7 Å². The molecule has 0 bridgehead atoms. The maximum atomic E-state index is 12.8. The highest BCUT2D eigenvalue weighted by Gasteiger charge is 2.23. The molecule has 0 aromatic heterocycles. The molecule has 0 atom stereocenters. The number of sulfonamides is 1. The molecule has 0 aliphatic rings. The first-order valence-corrected chi connectivity index (χ1v) is 12.0. The Morgan fingerprint density at radius 3 is 2.07 bits per heavy atom. The zero-order valence-corrected chi connectivity index (χ0v) is 18.5. The average molecular weight is 488 g/mol. The molecule has 0 fully saturated rings. The fourth-order valence-corrected chi connectivity index (χ4v) is 4.65. The number of aryl methyl sites for hydroxylation is 1. The Hall–Kier alpha value is -2.30. The Kier molecular flexibility index (Phi) is 6.30. The number of anilines is 1. The van der Waals surface area contributed by atoms with Gasteiger partial charge < -0.3 is 4.74 Å². The highest BCUT2D eigenvalue weighted by molar-refractivity contribution is 7.92. The third-order valence-corrected chi connectivity index (χ3v) is 6.88. The molecule has 0 radical (unpaired) electrons. The summed E-state index contributed by atoms with van der Waals surface area (Å²) in [4.78, 5) is -0.646. The lowest BCUT2D eigenvalue weighted by molar-refractivity contribution is 0.473. The normalized spacial score (nSPS) is 11.9. The van der Waals surface area contributed by atoms with Crippen molar-refractivity contribution < 1.29 is 26.1 Å². The monoisotopic (exact) mass is 487 g/mol. The fraction of sp³-hybridized carbons (Fsp3) is 0.0526. The van der Waals surface area contributed by atoms with Crippen LogP contribution in [0.5, 0.6) is 11.5 Å². The first kappa shape index (κ1) is 22.4. The minimum atomic E-state index is -4.68. The molecular formula is C19H15Cl2NO6S2. The van der Waals surface area contributed by atoms with Crippen molar-refractivity contribution >= 4 is 49.0 Å². The standard InChI is InChI=1S/C19H15Cl2NO6S2/c1-12-2-8-15(9-3-12)29(23,24)22-17-10-16(21)19(30(25,26)27)11-18(17)28-14-6-4-13(20)5-7-14/h2-11,22H,1H3,(H,25,26,27). The number of halogens is 2. The van der Waals surface area contributed by atoms with Gasteiger partial charge in [0.15, 0.2) is 5.75 Å². The molecule has 0 aliphatic carbocycles. The molecule has 3 rings (SSSR count). The van der Waals surface area contributed by atoms with Crippen LogP contribution in [0.25, 0.3) is 0 Å². The molecule has 158 valence electrons. The number of hydrogen-bond acceptors (Lipinski definition) is 5. The predicted octanol–water partition coefficient (Wildman–Crippen LogP) is 5.14. The summed E-state index contributed by atoms with van der Waals surface area (Å²) in [7, 11) is -8.72. The molecular weight excluding hydrogens is 473 g/mol. The van der Waals surface area contributed by atoms with Crippen LogP contribution in [0.15, 0.2) is 70.5 Å². The van der Waals surface area contributed by atoms with Gasteiger partial charge in [0.1, 0.15) is 10.6 Å². The van der Waals surface area contributed by atoms with Crippen LogP contribution in [0, 0.1) is 6.92 Å². The summed E-state index contributed by atoms with van der Waals surface area (Å²) in [6, 6.07) is 14.2. The van der Waals surface area contributed by atoms with Gasteiger partial charge in [-0.25, -0.2) is 8.42 Å². The van der Waals surface area contributed by atoms with Gasteiger partial charge in [-0.1, -0.05) is 40.9 Å². The second-order valence-corrected chi connectivity index (χ2v) is 10.1. The minimum absolute atomic E-state index is 0.0134. The van der Waals surface area contributed by atoms with E-state index in [0.29, 0.717) is 5.02 Å². The van der Waals surface area contributed by atoms with Crippen LogP contribution in [-0.2, 0) is 20.1 Å². The summed E-state index contributed by atoms with van der Waals surface area (Å²) in [5, 5.41) is 0.0555. The van der Waals surface area contributed by atoms with E-state index in [2.05, 4.69) is 4.72 Å². The van der Waals surface area contributed by atoms with Gasteiger partial charge in [0.05, 0.1) is 15.6 Å². The number of ether oxygens (including phenoxy) is 1. The molecule has 11 heteroatoms. The fourth-order valence-electron chi connectivity index (χ4n) is 2.45. The molecule has 0 unspecified atom stereocenters. The Labute approximate surface area is 184 Å². The van der Waals surface area contributed by atoms with Crippen LogP contribution in [0.1, 0.15) is 5.56 Å². The maximum Gasteiger partial charge on any atom is 0.296 e. The number of nitrogens with one attached hydrogen (secondary N) is 1. The van der Waals surface area contributed by atoms with E-state index in [-0.39, 0.29) is 27.1 Å². The molecule has 3 aromatic carbocycles. The smallest absolute Gasteiger partial charge is 0.296 e. The highest BCUT2D eigenvalue weighted by Crippen LogP contribution is 2.38. The zero-order valence-electron chi connectivity index (χ0n) is 15.3. The molecule has 0 heterocycles. The second-order valence-electron chi connectivity index (χ2n) is 6.23. The Morgan fingerprint density at radius 1 is 0.900 bits per heavy atom. The van der Waals surface area contributed by atoms with Gasteiger partial charge >= 0.3 is 0 Å². The lowest BCUT2D eigenvalue weighted by atomic mass is 10.2. The van der Waals surface area contributed by atoms with Crippen LogP contribution in [0.4, 0.5) is 5.69 Å². The first-order valence-electron chi connectivity index (χ1n) is 8.30. The van der Waals surface area contributed by atoms with Crippen LogP contribution < -0.4 is 9.46 Å². The van der Waals surface area contributed by atoms with Crippen LogP contribution in [0.3, 0.4) is 0 Å². The maximum absolute atomic E-state index is 12.8. The van der Waals surface area contributed by atoms with E-state index in [0.717, 1.165) is 17.7 Å². The van der Waals surface area contributed by atoms with Crippen LogP contribution >= 0.6 is 23.2 Å². The summed E-state index contributed by atoms with van der Waals surface area (Å²) in [6.07, 6.45) is 0. The van der Waals surface area contributed by atoms with Crippen molar-refractivity contribution in [2.24, 2.45) is 0 Å². The highest BCUT2D eigenvalue weighted by atomic mass is 35.5. The van der Waals surface area contributed by atoms with Gasteiger partial charge in [0, 0.05) is 11.1 Å². The Bertz CT molecular complexity index is 1290. The molecule has 0 saturated heterocycles. The largest absolute Gasteiger partial charge is 0.455 e. The number of hydrogen-bond donors (Lipinski definition) is 2. The molecule has 30 heavy (non-hydrogen) atoms. The quantitative estimate of drug-likeness (QED) is 0.465. The van der Waals surface area contributed by atoms with Gasteiger partial charge in [-0.3, -0.25) is 9.27 Å². The van der Waals surface area contributed by atoms with Crippen LogP contribution in [-0.4, -0.2) is 21.4 Å². The third kappa shape index (κ3) is 5.24. The summed E-state index contributed by atoms with van der Waals surface area (Å²) in [6.45, 7) is 1.82. The molecule has 0 spiro atoms. The lowest BCUT2D eigenvalue weighted by Gasteiger charge is -2.15. The van der Waals surface area contributed by atoms with Gasteiger partial charge in [-0.05, 0) is 49.4 Å². The molecule has 0 aliphatic heterocycles. The van der Waals surface area contributed by atoms with Crippen molar-refractivity contribution in [3.05, 3.63) is 76.3 Å². The lowest BCUT2D eigenvalue weighted by Crippen LogP contribution is -2.14. The van der Waals surface area contributed by atoms with E-state index in [1.165, 1.54) is 36.4 Å². The summed E-state index contributed by atoms with van der Waals surface area (Å²) < 4.78 is 66.1. The first-order chi connectivity index (χ1) is 14.0. The molecule has 2 N–H and O–H groups in total. The number of benzene rings is 3. The van der Waals surface area contributed by atoms with Gasteiger partial charge in [-0.15, -0.1) is 0 Å². The van der Waals surface area contributed by atoms with E-state index < -0.39 is 25.0 Å². The predicted molar refractivity (Wildman–Crippen MR) is 115 cm³/mol. The van der Waals surface area contributed by atoms with Crippen molar-refractivity contribution in [1.82, 2.24) is 0 Å². The Morgan fingerprint density at radius 2 is 1.50 bits per heavy atom. The van der Waals surface area contributed by atoms with Gasteiger partial charge in [0.25, 0.3) is 20.1 Å². The van der Waals surface area contributed by atoms with Crippen molar-refractivity contribution in [1.29, 1.82) is 0 Å². The van der Waals surface area contributed by atoms with Crippen molar-refractivity contribution in [2.75, 3.05) is 4.72 Å².